The number of fused-ring (bicyclic) bond motifs is 1. The van der Waals surface area contributed by atoms with Gasteiger partial charge in [0.25, 0.3) is 5.91 Å². The monoisotopic (exact) mass is 581 g/mol. The van der Waals surface area contributed by atoms with Gasteiger partial charge in [0, 0.05) is 19.0 Å². The van der Waals surface area contributed by atoms with Crippen LogP contribution in [0.1, 0.15) is 23.2 Å². The van der Waals surface area contributed by atoms with Crippen molar-refractivity contribution in [3.8, 4) is 0 Å². The molecule has 11 nitrogen and oxygen atoms in total. The van der Waals surface area contributed by atoms with E-state index in [4.69, 9.17) is 5.73 Å². The van der Waals surface area contributed by atoms with E-state index >= 15 is 4.39 Å². The molecule has 2 aliphatic heterocycles. The van der Waals surface area contributed by atoms with E-state index in [1.807, 2.05) is 4.90 Å². The normalized spacial score (nSPS) is 21.0. The van der Waals surface area contributed by atoms with Gasteiger partial charge in [-0.15, -0.1) is 5.10 Å². The summed E-state index contributed by atoms with van der Waals surface area (Å²) in [5, 5.41) is 8.78. The summed E-state index contributed by atoms with van der Waals surface area (Å²) in [4.78, 5) is 39.3. The SMILES string of the molecule is BC1(B)NC(B)(B)C(B)(B)N(C(=O)C2CCN(c3c(F)cncc3NC(=O)c3c(N)nn4cc(F)cnc34)CC2)C1(B)B. The summed E-state index contributed by atoms with van der Waals surface area (Å²) in [6, 6.07) is 0. The third-order valence-corrected chi connectivity index (χ3v) is 10.00. The minimum atomic E-state index is -0.682. The van der Waals surface area contributed by atoms with E-state index in [1.165, 1.54) is 6.20 Å². The topological polar surface area (TPSA) is 134 Å². The van der Waals surface area contributed by atoms with Gasteiger partial charge in [-0.3, -0.25) is 14.6 Å². The predicted molar refractivity (Wildman–Crippen MR) is 184 cm³/mol. The first-order valence-electron chi connectivity index (χ1n) is 14.5. The van der Waals surface area contributed by atoms with Crippen LogP contribution in [0.25, 0.3) is 5.65 Å². The number of piperazine rings is 1. The van der Waals surface area contributed by atoms with Crippen molar-refractivity contribution in [3.05, 3.63) is 42.0 Å². The number of anilines is 3. The van der Waals surface area contributed by atoms with Gasteiger partial charge in [-0.05, 0) is 34.2 Å². The number of nitrogens with two attached hydrogens (primary N) is 1. The summed E-state index contributed by atoms with van der Waals surface area (Å²) in [6.07, 6.45) is 5.49. The number of rotatable bonds is 4. The van der Waals surface area contributed by atoms with E-state index in [-0.39, 0.29) is 50.9 Å². The second-order valence-electron chi connectivity index (χ2n) is 13.7. The zero-order valence-corrected chi connectivity index (χ0v) is 26.0. The van der Waals surface area contributed by atoms with E-state index in [0.717, 1.165) is 23.1 Å². The fourth-order valence-corrected chi connectivity index (χ4v) is 6.60. The molecule has 0 unspecified atom stereocenters. The van der Waals surface area contributed by atoms with E-state index < -0.39 is 28.2 Å². The lowest BCUT2D eigenvalue weighted by molar-refractivity contribution is -0.143. The Bertz CT molecular complexity index is 1590. The van der Waals surface area contributed by atoms with Gasteiger partial charge in [-0.1, -0.05) is 0 Å². The quantitative estimate of drug-likeness (QED) is 0.260. The molecule has 2 amide bonds. The molecular weight excluding hydrogens is 547 g/mol. The Hall–Kier alpha value is -3.35. The molecule has 2 saturated heterocycles. The average molecular weight is 580 g/mol. The maximum Gasteiger partial charge on any atom is 0.263 e. The van der Waals surface area contributed by atoms with Crippen LogP contribution in [0.15, 0.2) is 24.8 Å². The summed E-state index contributed by atoms with van der Waals surface area (Å²) >= 11 is 0. The molecule has 3 aromatic rings. The number of amides is 2. The number of halogens is 2. The van der Waals surface area contributed by atoms with Gasteiger partial charge in [0.1, 0.15) is 74.0 Å². The van der Waals surface area contributed by atoms with Crippen LogP contribution in [0, 0.1) is 17.6 Å². The summed E-state index contributed by atoms with van der Waals surface area (Å²) in [7, 11) is 16.9. The van der Waals surface area contributed by atoms with Crippen molar-refractivity contribution in [1.82, 2.24) is 29.8 Å². The first-order chi connectivity index (χ1) is 19.9. The molecule has 0 bridgehead atoms. The third kappa shape index (κ3) is 5.02. The number of piperidine rings is 1. The van der Waals surface area contributed by atoms with Crippen molar-refractivity contribution < 1.29 is 18.4 Å². The highest BCUT2D eigenvalue weighted by Crippen LogP contribution is 2.39. The van der Waals surface area contributed by atoms with Gasteiger partial charge < -0.3 is 26.2 Å². The van der Waals surface area contributed by atoms with Crippen molar-refractivity contribution in [1.29, 1.82) is 0 Å². The molecule has 3 aromatic heterocycles. The number of nitrogen functional groups attached to an aromatic ring is 1. The van der Waals surface area contributed by atoms with Crippen LogP contribution in [-0.2, 0) is 4.79 Å². The number of nitrogens with zero attached hydrogens (tertiary/aromatic N) is 6. The number of carbonyl (C=O) groups excluding carboxylic acids is 2. The highest BCUT2D eigenvalue weighted by atomic mass is 19.1. The van der Waals surface area contributed by atoms with Crippen LogP contribution in [0.4, 0.5) is 26.0 Å². The van der Waals surface area contributed by atoms with E-state index in [2.05, 4.69) is 93.4 Å². The second-order valence-corrected chi connectivity index (χ2v) is 13.7. The molecule has 0 aromatic carbocycles. The van der Waals surface area contributed by atoms with Gasteiger partial charge in [0.2, 0.25) is 5.91 Å². The van der Waals surface area contributed by atoms with Crippen LogP contribution < -0.4 is 21.3 Å². The van der Waals surface area contributed by atoms with Gasteiger partial charge in [-0.25, -0.2) is 18.3 Å². The Labute approximate surface area is 256 Å². The molecule has 5 heterocycles. The average Bonchev–Trinajstić information content (AvgIpc) is 3.22. The Balaban J connectivity index is 1.37. The molecule has 216 valence electrons. The number of pyridine rings is 1. The molecule has 43 heavy (non-hydrogen) atoms. The Morgan fingerprint density at radius 1 is 0.977 bits per heavy atom. The molecule has 4 N–H and O–H groups in total. The highest BCUT2D eigenvalue weighted by Gasteiger charge is 2.59. The van der Waals surface area contributed by atoms with Crippen LogP contribution in [-0.4, -0.2) is 134 Å². The van der Waals surface area contributed by atoms with Crippen molar-refractivity contribution in [2.24, 2.45) is 5.92 Å². The number of nitrogens with one attached hydrogen (secondary N) is 2. The van der Waals surface area contributed by atoms with Crippen molar-refractivity contribution in [2.75, 3.05) is 29.0 Å². The minimum absolute atomic E-state index is 0.0618. The summed E-state index contributed by atoms with van der Waals surface area (Å²) in [5.41, 5.74) is 6.27. The molecule has 0 aliphatic carbocycles. The fraction of sp³-hybridized carbons (Fsp3) is 0.409. The molecule has 2 aliphatic rings. The largest absolute Gasteiger partial charge is 0.381 e. The summed E-state index contributed by atoms with van der Waals surface area (Å²) in [6.45, 7) is 0.805. The number of hydrogen-bond donors (Lipinski definition) is 3. The van der Waals surface area contributed by atoms with Crippen LogP contribution >= 0.6 is 0 Å². The van der Waals surface area contributed by atoms with Gasteiger partial charge in [0.15, 0.2) is 23.1 Å². The van der Waals surface area contributed by atoms with Crippen molar-refractivity contribution in [2.45, 2.75) is 34.2 Å². The molecule has 2 fully saturated rings. The second kappa shape index (κ2) is 10.4. The summed E-state index contributed by atoms with van der Waals surface area (Å²) in [5.74, 6) is -2.23. The molecule has 0 radical (unpaired) electrons. The maximum absolute atomic E-state index is 15.3. The van der Waals surface area contributed by atoms with Crippen molar-refractivity contribution >= 4 is 97.4 Å². The lowest BCUT2D eigenvalue weighted by Crippen LogP contribution is -2.92. The van der Waals surface area contributed by atoms with Crippen molar-refractivity contribution in [3.63, 3.8) is 0 Å². The van der Waals surface area contributed by atoms with Gasteiger partial charge >= 0.3 is 0 Å². The number of hydrogen-bond acceptors (Lipinski definition) is 8. The Morgan fingerprint density at radius 2 is 1.58 bits per heavy atom. The van der Waals surface area contributed by atoms with Gasteiger partial charge in [-0.2, -0.15) is 0 Å². The fourth-order valence-electron chi connectivity index (χ4n) is 6.60. The highest BCUT2D eigenvalue weighted by molar-refractivity contribution is 6.61. The van der Waals surface area contributed by atoms with Gasteiger partial charge in [0.05, 0.1) is 30.5 Å². The summed E-state index contributed by atoms with van der Waals surface area (Å²) < 4.78 is 30.0. The smallest absolute Gasteiger partial charge is 0.263 e. The lowest BCUT2D eigenvalue weighted by Gasteiger charge is -2.70. The van der Waals surface area contributed by atoms with Crippen LogP contribution in [0.2, 0.25) is 0 Å². The zero-order valence-electron chi connectivity index (χ0n) is 26.0. The van der Waals surface area contributed by atoms with Crippen LogP contribution in [0.3, 0.4) is 0 Å². The first-order valence-corrected chi connectivity index (χ1v) is 14.5. The van der Waals surface area contributed by atoms with Crippen LogP contribution in [0.5, 0.6) is 0 Å². The first kappa shape index (κ1) is 31.1. The predicted octanol–water partition coefficient (Wildman–Crippen LogP) is -7.43. The zero-order chi connectivity index (χ0) is 31.7. The number of aromatic nitrogens is 4. The Morgan fingerprint density at radius 3 is 2.19 bits per heavy atom. The molecule has 0 atom stereocenters. The molecule has 5 rings (SSSR count). The minimum Gasteiger partial charge on any atom is -0.381 e. The maximum atomic E-state index is 15.3. The standard InChI is InChI=1S/C22H33B8F2N9O2/c23-19(24)21(27,28)41(22(29,30)20(25,26)38-19)18(43)9-1-3-39(4-2-9)14-11(32)6-34-7-12(14)36-17(42)13-15(33)37-40-8-10(31)5-35-16(13)40/h5-9,38H,1-4,23-30H2,(H2,33,37)(H,36,42). The molecule has 21 heteroatoms. The molecule has 0 spiro atoms. The number of carbonyl (C=O) groups is 2. The Kier molecular flexibility index (Phi) is 7.50. The van der Waals surface area contributed by atoms with E-state index in [1.54, 1.807) is 0 Å². The third-order valence-electron chi connectivity index (χ3n) is 10.00. The van der Waals surface area contributed by atoms with E-state index in [9.17, 15) is 14.0 Å². The molecular formula is C22H33B8F2N9O2. The molecule has 0 saturated carbocycles. The van der Waals surface area contributed by atoms with E-state index in [0.29, 0.717) is 25.9 Å². The lowest BCUT2D eigenvalue weighted by atomic mass is 9.27.